The summed E-state index contributed by atoms with van der Waals surface area (Å²) in [6.07, 6.45) is -0.463. The van der Waals surface area contributed by atoms with E-state index in [2.05, 4.69) is 15.5 Å². The fourth-order valence-electron chi connectivity index (χ4n) is 3.65. The molecule has 1 N–H and O–H groups in total. The fourth-order valence-corrected chi connectivity index (χ4v) is 5.79. The minimum atomic E-state index is -0.544. The Morgan fingerprint density at radius 1 is 1.13 bits per heavy atom. The number of nitrogens with zero attached hydrogens (tertiary/aromatic N) is 3. The summed E-state index contributed by atoms with van der Waals surface area (Å²) in [6.45, 7) is 1.82. The van der Waals surface area contributed by atoms with Crippen LogP contribution in [0.25, 0.3) is 11.1 Å². The molecule has 4 aromatic rings. The molecule has 204 valence electrons. The lowest BCUT2D eigenvalue weighted by atomic mass is 10.0. The molecule has 39 heavy (non-hydrogen) atoms. The Bertz CT molecular complexity index is 1490. The van der Waals surface area contributed by atoms with Crippen LogP contribution >= 0.6 is 46.3 Å². The van der Waals surface area contributed by atoms with Crippen LogP contribution in [-0.2, 0) is 16.6 Å². The largest absolute Gasteiger partial charge is 0.497 e. The molecule has 0 bridgehead atoms. The highest BCUT2D eigenvalue weighted by Crippen LogP contribution is 2.37. The molecule has 9 nitrogen and oxygen atoms in total. The number of rotatable bonds is 10. The number of thioether (sulfide) groups is 1. The maximum Gasteiger partial charge on any atom is 0.341 e. The number of hydrogen-bond donors (Lipinski definition) is 1. The first-order chi connectivity index (χ1) is 18.7. The Hall–Kier alpha value is -3.25. The molecule has 0 fully saturated rings. The Morgan fingerprint density at radius 2 is 1.87 bits per heavy atom. The van der Waals surface area contributed by atoms with Crippen LogP contribution in [0.4, 0.5) is 5.00 Å². The number of aromatic nitrogens is 3. The van der Waals surface area contributed by atoms with Crippen molar-refractivity contribution in [3.63, 3.8) is 0 Å². The third kappa shape index (κ3) is 6.67. The molecule has 13 heteroatoms. The first-order valence-electron chi connectivity index (χ1n) is 11.5. The highest BCUT2D eigenvalue weighted by Gasteiger charge is 2.23. The number of hydrogen-bond acceptors (Lipinski definition) is 9. The van der Waals surface area contributed by atoms with Gasteiger partial charge in [0.1, 0.15) is 22.1 Å². The molecule has 2 aromatic carbocycles. The number of esters is 1. The van der Waals surface area contributed by atoms with Gasteiger partial charge < -0.3 is 24.1 Å². The van der Waals surface area contributed by atoms with Crippen molar-refractivity contribution in [2.24, 2.45) is 7.05 Å². The van der Waals surface area contributed by atoms with Crippen LogP contribution in [0.5, 0.6) is 11.5 Å². The number of anilines is 1. The number of methoxy groups -OCH3 is 2. The predicted molar refractivity (Wildman–Crippen MR) is 154 cm³/mol. The minimum Gasteiger partial charge on any atom is -0.497 e. The Kier molecular flexibility index (Phi) is 9.39. The lowest BCUT2D eigenvalue weighted by Gasteiger charge is -2.15. The third-order valence-electron chi connectivity index (χ3n) is 5.60. The number of ether oxygens (including phenoxy) is 3. The van der Waals surface area contributed by atoms with Crippen molar-refractivity contribution in [1.29, 1.82) is 0 Å². The predicted octanol–water partition coefficient (Wildman–Crippen LogP) is 6.52. The van der Waals surface area contributed by atoms with E-state index in [0.717, 1.165) is 5.56 Å². The number of amides is 1. The fraction of sp³-hybridized carbons (Fsp3) is 0.231. The maximum absolute atomic E-state index is 12.8. The average Bonchev–Trinajstić information content (AvgIpc) is 3.51. The van der Waals surface area contributed by atoms with Crippen molar-refractivity contribution in [2.45, 2.75) is 18.2 Å². The number of benzene rings is 2. The zero-order valence-corrected chi connectivity index (χ0v) is 24.5. The van der Waals surface area contributed by atoms with E-state index < -0.39 is 12.1 Å². The van der Waals surface area contributed by atoms with Crippen molar-refractivity contribution in [3.05, 3.63) is 69.3 Å². The van der Waals surface area contributed by atoms with E-state index in [4.69, 9.17) is 37.4 Å². The summed E-state index contributed by atoms with van der Waals surface area (Å²) in [5.41, 5.74) is 1.74. The van der Waals surface area contributed by atoms with Gasteiger partial charge in [-0.25, -0.2) is 4.79 Å². The van der Waals surface area contributed by atoms with E-state index in [1.807, 2.05) is 19.1 Å². The maximum atomic E-state index is 12.8. The monoisotopic (exact) mass is 606 g/mol. The van der Waals surface area contributed by atoms with Gasteiger partial charge in [0.2, 0.25) is 5.91 Å². The molecule has 0 saturated carbocycles. The van der Waals surface area contributed by atoms with Crippen LogP contribution in [0.1, 0.15) is 29.2 Å². The highest BCUT2D eigenvalue weighted by atomic mass is 35.5. The Labute approximate surface area is 243 Å². The van der Waals surface area contributed by atoms with Crippen LogP contribution in [0.15, 0.2) is 53.0 Å². The molecule has 0 radical (unpaired) electrons. The second-order valence-electron chi connectivity index (χ2n) is 8.15. The van der Waals surface area contributed by atoms with Crippen molar-refractivity contribution in [3.8, 4) is 22.6 Å². The van der Waals surface area contributed by atoms with Gasteiger partial charge in [0.15, 0.2) is 17.1 Å². The van der Waals surface area contributed by atoms with Gasteiger partial charge in [-0.15, -0.1) is 21.5 Å². The molecule has 2 aromatic heterocycles. The molecule has 4 rings (SSSR count). The normalized spacial score (nSPS) is 11.6. The molecular formula is C26H24Cl2N4O5S2. The summed E-state index contributed by atoms with van der Waals surface area (Å²) in [6, 6.07) is 12.2. The van der Waals surface area contributed by atoms with Gasteiger partial charge in [-0.05, 0) is 42.8 Å². The number of nitrogens with one attached hydrogen (secondary N) is 1. The standard InChI is InChI=1S/C26H24Cl2N4O5S2/c1-14(37-20-10-7-16(27)11-19(20)28)23-30-31-26(32(23)2)39-13-21(33)29-24-22(25(34)36-4)18(12-38-24)15-5-8-17(35-3)9-6-15/h5-12,14H,13H2,1-4H3,(H,29,33). The lowest BCUT2D eigenvalue weighted by Crippen LogP contribution is -2.16. The second kappa shape index (κ2) is 12.7. The smallest absolute Gasteiger partial charge is 0.341 e. The van der Waals surface area contributed by atoms with E-state index in [1.165, 1.54) is 30.2 Å². The molecule has 0 spiro atoms. The number of carbonyl (C=O) groups excluding carboxylic acids is 2. The summed E-state index contributed by atoms with van der Waals surface area (Å²) >= 11 is 14.6. The molecule has 0 aliphatic rings. The molecular weight excluding hydrogens is 583 g/mol. The van der Waals surface area contributed by atoms with Crippen LogP contribution in [0.2, 0.25) is 10.0 Å². The van der Waals surface area contributed by atoms with Gasteiger partial charge in [-0.1, -0.05) is 47.1 Å². The van der Waals surface area contributed by atoms with E-state index in [-0.39, 0.29) is 11.7 Å². The molecule has 0 aliphatic carbocycles. The van der Waals surface area contributed by atoms with E-state index in [1.54, 1.807) is 54.4 Å². The zero-order chi connectivity index (χ0) is 28.1. The SMILES string of the molecule is COC(=O)c1c(-c2ccc(OC)cc2)csc1NC(=O)CSc1nnc(C(C)Oc2ccc(Cl)cc2Cl)n1C. The second-order valence-corrected chi connectivity index (χ2v) is 10.8. The van der Waals surface area contributed by atoms with Crippen molar-refractivity contribution < 1.29 is 23.8 Å². The highest BCUT2D eigenvalue weighted by molar-refractivity contribution is 7.99. The molecule has 1 unspecified atom stereocenters. The van der Waals surface area contributed by atoms with E-state index >= 15 is 0 Å². The Morgan fingerprint density at radius 3 is 2.54 bits per heavy atom. The summed E-state index contributed by atoms with van der Waals surface area (Å²) in [5, 5.41) is 14.9. The summed E-state index contributed by atoms with van der Waals surface area (Å²) in [7, 11) is 4.67. The number of thiophene rings is 1. The molecule has 2 heterocycles. The Balaban J connectivity index is 1.43. The zero-order valence-electron chi connectivity index (χ0n) is 21.4. The first kappa shape index (κ1) is 28.8. The topological polar surface area (TPSA) is 105 Å². The lowest BCUT2D eigenvalue weighted by molar-refractivity contribution is -0.113. The summed E-state index contributed by atoms with van der Waals surface area (Å²) in [4.78, 5) is 25.4. The van der Waals surface area contributed by atoms with Crippen LogP contribution < -0.4 is 14.8 Å². The van der Waals surface area contributed by atoms with Crippen molar-refractivity contribution >= 4 is 63.2 Å². The average molecular weight is 608 g/mol. The quantitative estimate of drug-likeness (QED) is 0.161. The summed E-state index contributed by atoms with van der Waals surface area (Å²) < 4.78 is 17.9. The molecule has 0 aliphatic heterocycles. The van der Waals surface area contributed by atoms with Crippen molar-refractivity contribution in [1.82, 2.24) is 14.8 Å². The molecule has 0 saturated heterocycles. The van der Waals surface area contributed by atoms with Gasteiger partial charge in [0.25, 0.3) is 0 Å². The van der Waals surface area contributed by atoms with Crippen LogP contribution in [-0.4, -0.2) is 46.6 Å². The summed E-state index contributed by atoms with van der Waals surface area (Å²) in [5.74, 6) is 0.907. The van der Waals surface area contributed by atoms with E-state index in [0.29, 0.717) is 48.7 Å². The molecule has 1 atom stereocenters. The van der Waals surface area contributed by atoms with Crippen LogP contribution in [0.3, 0.4) is 0 Å². The van der Waals surface area contributed by atoms with Crippen molar-refractivity contribution in [2.75, 3.05) is 25.3 Å². The van der Waals surface area contributed by atoms with Crippen LogP contribution in [0, 0.1) is 0 Å². The minimum absolute atomic E-state index is 0.0423. The first-order valence-corrected chi connectivity index (χ1v) is 14.1. The third-order valence-corrected chi connectivity index (χ3v) is 8.04. The molecule has 1 amide bonds. The van der Waals surface area contributed by atoms with Gasteiger partial charge in [0, 0.05) is 23.0 Å². The van der Waals surface area contributed by atoms with E-state index in [9.17, 15) is 9.59 Å². The number of carbonyl (C=O) groups is 2. The number of halogens is 2. The van der Waals surface area contributed by atoms with Gasteiger partial charge in [-0.3, -0.25) is 4.79 Å². The van der Waals surface area contributed by atoms with Gasteiger partial charge in [0.05, 0.1) is 25.0 Å². The van der Waals surface area contributed by atoms with Gasteiger partial charge >= 0.3 is 5.97 Å². The van der Waals surface area contributed by atoms with Gasteiger partial charge in [-0.2, -0.15) is 0 Å².